The van der Waals surface area contributed by atoms with Crippen LogP contribution < -0.4 is 9.30 Å². The number of aromatic nitrogens is 4. The molecule has 0 radical (unpaired) electrons. The van der Waals surface area contributed by atoms with Crippen LogP contribution in [0, 0.1) is 13.3 Å². The van der Waals surface area contributed by atoms with E-state index in [4.69, 9.17) is 13.8 Å². The fourth-order valence-electron chi connectivity index (χ4n) is 11.5. The van der Waals surface area contributed by atoms with Crippen molar-refractivity contribution in [3.63, 3.8) is 0 Å². The van der Waals surface area contributed by atoms with Crippen molar-refractivity contribution in [2.24, 2.45) is 0 Å². The molecule has 0 bridgehead atoms. The Hall–Kier alpha value is -8.02. The molecule has 428 valence electrons. The van der Waals surface area contributed by atoms with E-state index in [-0.39, 0.29) is 51.2 Å². The van der Waals surface area contributed by atoms with Crippen molar-refractivity contribution in [2.45, 2.75) is 164 Å². The monoisotopic (exact) mass is 1110 g/mol. The summed E-state index contributed by atoms with van der Waals surface area (Å²) in [5, 5.41) is 2.25. The number of ether oxygens (including phenoxy) is 1. The van der Waals surface area contributed by atoms with Gasteiger partial charge in [0.1, 0.15) is 17.3 Å². The Morgan fingerprint density at radius 3 is 1.67 bits per heavy atom. The summed E-state index contributed by atoms with van der Waals surface area (Å²) in [4.78, 5) is 4.95. The third kappa shape index (κ3) is 11.2. The Bertz CT molecular complexity index is 4500. The molecule has 0 aliphatic heterocycles. The number of nitrogens with zero attached hydrogens (tertiary/aromatic N) is 4. The van der Waals surface area contributed by atoms with Gasteiger partial charge < -0.3 is 4.74 Å². The van der Waals surface area contributed by atoms with Crippen LogP contribution in [0.25, 0.3) is 83.4 Å². The van der Waals surface area contributed by atoms with E-state index in [0.29, 0.717) is 22.6 Å². The first-order valence-electron chi connectivity index (χ1n) is 31.8. The van der Waals surface area contributed by atoms with Gasteiger partial charge in [-0.25, -0.2) is 4.98 Å². The topological polar surface area (TPSA) is 35.9 Å². The van der Waals surface area contributed by atoms with Gasteiger partial charge in [-0.2, -0.15) is 0 Å². The van der Waals surface area contributed by atoms with Crippen LogP contribution in [0.15, 0.2) is 176 Å². The number of benzene rings is 8. The molecule has 0 atom stereocenters. The van der Waals surface area contributed by atoms with Crippen LogP contribution >= 0.6 is 0 Å². The lowest BCUT2D eigenvalue weighted by atomic mass is 9.77. The molecule has 5 nitrogen and oxygen atoms in total. The van der Waals surface area contributed by atoms with Crippen LogP contribution in [-0.4, -0.2) is 14.1 Å². The Morgan fingerprint density at radius 1 is 0.452 bits per heavy atom. The van der Waals surface area contributed by atoms with E-state index in [1.165, 1.54) is 27.8 Å². The molecule has 11 aromatic rings. The molecule has 84 heavy (non-hydrogen) atoms. The minimum absolute atomic E-state index is 0.0398. The molecular weight excluding hydrogens is 1020 g/mol. The van der Waals surface area contributed by atoms with Gasteiger partial charge in [0.05, 0.1) is 38.9 Å². The second-order valence-electron chi connectivity index (χ2n) is 29.5. The lowest BCUT2D eigenvalue weighted by Gasteiger charge is -2.30. The Kier molecular flexibility index (Phi) is 13.0. The Morgan fingerprint density at radius 2 is 1.04 bits per heavy atom. The number of hydrogen-bond acceptors (Lipinski definition) is 2. The number of hydrogen-bond donors (Lipinski definition) is 0. The molecule has 0 spiro atoms. The highest BCUT2D eigenvalue weighted by Gasteiger charge is 2.30. The maximum absolute atomic E-state index is 9.45. The first-order valence-corrected chi connectivity index (χ1v) is 29.8. The number of fused-ring (bicyclic) bond motifs is 4. The van der Waals surface area contributed by atoms with Gasteiger partial charge >= 0.3 is 0 Å². The summed E-state index contributed by atoms with van der Waals surface area (Å²) in [7, 11) is 0. The van der Waals surface area contributed by atoms with E-state index in [9.17, 15) is 1.37 Å². The van der Waals surface area contributed by atoms with Crippen molar-refractivity contribution >= 4 is 32.8 Å². The second-order valence-corrected chi connectivity index (χ2v) is 29.5. The predicted molar refractivity (Wildman–Crippen MR) is 356 cm³/mol. The Balaban J connectivity index is 1.19. The predicted octanol–water partition coefficient (Wildman–Crippen LogP) is 21.1. The average molecular weight is 1110 g/mol. The van der Waals surface area contributed by atoms with E-state index >= 15 is 0 Å². The zero-order chi connectivity index (χ0) is 63.7. The molecular formula is C79H86N4O. The van der Waals surface area contributed by atoms with Crippen molar-refractivity contribution in [3.05, 3.63) is 221 Å². The molecule has 3 aromatic heterocycles. The maximum Gasteiger partial charge on any atom is 0.269 e. The quantitative estimate of drug-likeness (QED) is 0.112. The highest BCUT2D eigenvalue weighted by molar-refractivity contribution is 6.09. The average Bonchev–Trinajstić information content (AvgIpc) is 1.40. The fraction of sp³-hybridized carbons (Fsp3) is 0.316. The molecule has 3 heterocycles. The van der Waals surface area contributed by atoms with Crippen LogP contribution in [0.4, 0.5) is 0 Å². The molecule has 0 aliphatic carbocycles. The van der Waals surface area contributed by atoms with Crippen molar-refractivity contribution in [3.8, 4) is 62.1 Å². The van der Waals surface area contributed by atoms with Crippen LogP contribution in [0.2, 0.25) is 0 Å². The molecule has 0 saturated heterocycles. The third-order valence-corrected chi connectivity index (χ3v) is 16.7. The maximum atomic E-state index is 9.45. The summed E-state index contributed by atoms with van der Waals surface area (Å²) in [6.07, 6.45) is 5.92. The van der Waals surface area contributed by atoms with Gasteiger partial charge in [0.2, 0.25) is 0 Å². The van der Waals surface area contributed by atoms with Crippen molar-refractivity contribution in [1.82, 2.24) is 14.1 Å². The van der Waals surface area contributed by atoms with Gasteiger partial charge in [-0.15, -0.1) is 0 Å². The first-order chi connectivity index (χ1) is 41.0. The van der Waals surface area contributed by atoms with Gasteiger partial charge in [-0.05, 0) is 172 Å². The molecule has 0 aliphatic rings. The summed E-state index contributed by atoms with van der Waals surface area (Å²) in [5.74, 6) is 2.21. The zero-order valence-electron chi connectivity index (χ0n) is 57.1. The van der Waals surface area contributed by atoms with Gasteiger partial charge in [0.25, 0.3) is 6.33 Å². The number of para-hydroxylation sites is 1. The molecule has 0 unspecified atom stereocenters. The molecule has 0 saturated carbocycles. The lowest BCUT2D eigenvalue weighted by molar-refractivity contribution is -0.572. The van der Waals surface area contributed by atoms with Crippen LogP contribution in [-0.2, 0) is 32.5 Å². The van der Waals surface area contributed by atoms with E-state index in [1.807, 2.05) is 19.2 Å². The number of rotatable bonds is 8. The molecule has 5 heteroatoms. The summed E-state index contributed by atoms with van der Waals surface area (Å²) < 4.78 is 49.8. The zero-order valence-corrected chi connectivity index (χ0v) is 53.1. The van der Waals surface area contributed by atoms with Crippen molar-refractivity contribution in [2.75, 3.05) is 0 Å². The van der Waals surface area contributed by atoms with E-state index in [2.05, 4.69) is 284 Å². The first kappa shape index (κ1) is 52.8. The SMILES string of the molecule is [2H]c1c([2H])c([2H])c(-c2cc(-c3cc(C(C)(C)C)cc(C(C)(C)C)c3)c(-[n+]3[c-]n(-c4cccc(Oc5ccc6c7ccccc7n(-c7cc(C(C)(C)C)ccn7)c6c5)c4)c4cc(-c5cc(C(C)(C)C)cc(C(C)(C)C)c5)ccc43)c(C(C)(C)C)c2)c(C)c1[2H]. The van der Waals surface area contributed by atoms with Crippen molar-refractivity contribution < 1.29 is 14.8 Å². The second kappa shape index (κ2) is 20.6. The van der Waals surface area contributed by atoms with Gasteiger partial charge in [0.15, 0.2) is 0 Å². The summed E-state index contributed by atoms with van der Waals surface area (Å²) in [6, 6.07) is 52.0. The largest absolute Gasteiger partial charge is 0.458 e. The minimum atomic E-state index is -0.494. The minimum Gasteiger partial charge on any atom is -0.458 e. The van der Waals surface area contributed by atoms with E-state index < -0.39 is 5.41 Å². The van der Waals surface area contributed by atoms with Crippen LogP contribution in [0.3, 0.4) is 0 Å². The molecule has 11 rings (SSSR count). The van der Waals surface area contributed by atoms with Gasteiger partial charge in [0, 0.05) is 23.0 Å². The van der Waals surface area contributed by atoms with Crippen molar-refractivity contribution in [1.29, 1.82) is 0 Å². The van der Waals surface area contributed by atoms with Crippen LogP contribution in [0.5, 0.6) is 11.5 Å². The molecule has 8 aromatic carbocycles. The third-order valence-electron chi connectivity index (χ3n) is 16.7. The molecule has 0 amide bonds. The highest BCUT2D eigenvalue weighted by atomic mass is 16.5. The molecule has 0 fully saturated rings. The summed E-state index contributed by atoms with van der Waals surface area (Å²) >= 11 is 0. The van der Waals surface area contributed by atoms with Gasteiger partial charge in [-0.3, -0.25) is 13.7 Å². The fourth-order valence-corrected chi connectivity index (χ4v) is 11.5. The normalized spacial score (nSPS) is 13.6. The Labute approximate surface area is 506 Å². The summed E-state index contributed by atoms with van der Waals surface area (Å²) in [5.41, 5.74) is 17.6. The van der Waals surface area contributed by atoms with Gasteiger partial charge in [-0.1, -0.05) is 228 Å². The lowest BCUT2D eigenvalue weighted by Crippen LogP contribution is -2.35. The van der Waals surface area contributed by atoms with Crippen LogP contribution in [0.1, 0.15) is 169 Å². The van der Waals surface area contributed by atoms with E-state index in [1.54, 1.807) is 0 Å². The number of pyridine rings is 1. The smallest absolute Gasteiger partial charge is 0.269 e. The number of imidazole rings is 1. The summed E-state index contributed by atoms with van der Waals surface area (Å²) in [6.45, 7) is 42.4. The molecule has 0 N–H and O–H groups in total. The van der Waals surface area contributed by atoms with E-state index in [0.717, 1.165) is 83.4 Å². The standard InChI is InChI=1S/C79H86N4O/c1-50-25-20-21-28-63(50)54-41-66(53-39-58(77(11,12)13)45-59(40-53)78(14,15)16)73(67(42-54)79(17,18)19)82-49-81(71-43-51(31-34-69(71)82)52-37-56(75(5,6)7)44-57(38-52)76(8,9)10)60-26-24-27-61(47-60)84-62-32-33-65-64-29-22-23-30-68(64)83(70(65)48-62)72-46-55(35-36-80-72)74(2,3)4/h20-48H,1-19H3/i20D,21D,25D,28D. The highest BCUT2D eigenvalue weighted by Crippen LogP contribution is 2.44.